The van der Waals surface area contributed by atoms with Crippen molar-refractivity contribution in [1.29, 1.82) is 0 Å². The number of aromatic nitrogens is 2. The largest absolute Gasteiger partial charge is 0.310 e. The summed E-state index contributed by atoms with van der Waals surface area (Å²) < 4.78 is 214. The van der Waals surface area contributed by atoms with Crippen molar-refractivity contribution in [2.45, 2.75) is 183 Å². The minimum atomic E-state index is -1.55. The summed E-state index contributed by atoms with van der Waals surface area (Å²) >= 11 is 0. The highest BCUT2D eigenvalue weighted by molar-refractivity contribution is 7.00. The van der Waals surface area contributed by atoms with Gasteiger partial charge in [0.25, 0.3) is 6.71 Å². The fourth-order valence-electron chi connectivity index (χ4n) is 16.2. The molecule has 17 rings (SSSR count). The van der Waals surface area contributed by atoms with Gasteiger partial charge in [0.15, 0.2) is 0 Å². The molecule has 2 aromatic heterocycles. The summed E-state index contributed by atoms with van der Waals surface area (Å²) in [4.78, 5) is 4.11. The quantitative estimate of drug-likeness (QED) is 0.141. The number of para-hydroxylation sites is 4. The maximum atomic E-state index is 12.0. The third-order valence-corrected chi connectivity index (χ3v) is 22.6. The fourth-order valence-corrected chi connectivity index (χ4v) is 16.2. The first kappa shape index (κ1) is 52.3. The van der Waals surface area contributed by atoms with Crippen molar-refractivity contribution in [2.24, 2.45) is 0 Å². The van der Waals surface area contributed by atoms with Crippen LogP contribution in [0.5, 0.6) is 0 Å². The van der Waals surface area contributed by atoms with Gasteiger partial charge in [0.2, 0.25) is 0 Å². The molecule has 0 fully saturated rings. The molecule has 15 aromatic rings. The van der Waals surface area contributed by atoms with Gasteiger partial charge in [-0.1, -0.05) is 327 Å². The highest BCUT2D eigenvalue weighted by Crippen LogP contribution is 2.57. The SMILES string of the molecule is [2H]c1c(-n2c3c([2H])c([2H])c([2H])c([2H])c3c3c([2H])c([2H])c([2H])c([2H])c32)cc2c(c1[2H])B1c3c(cc(C(C)(C)C)cc3N(c3c(-c4cccc(C(C)(C)C)c4)cc(C(C)(C)C)cc3-c3cccc(C(C)(C)C)c3)c3c([2H])c(-n4c5c([2H])c([2H])c([2H])c([2H])c5c5c([2H])c([2H])c([2H])c([2H])c54)c([2H])c([2H])c31)N2c1c(-c2cccc(C(C)(C)C)c2)cc(C(C)(C)C)cc1-c1cccc(C(C)(C)C)c1. The van der Waals surface area contributed by atoms with E-state index in [2.05, 4.69) is 259 Å². The molecule has 111 heavy (non-hydrogen) atoms. The number of fused-ring (bicyclic) bond motifs is 10. The lowest BCUT2D eigenvalue weighted by atomic mass is 9.33. The minimum absolute atomic E-state index is 0.0228. The Kier molecular flexibility index (Phi) is 12.2. The van der Waals surface area contributed by atoms with E-state index in [9.17, 15) is 28.8 Å². The molecule has 0 aliphatic carbocycles. The molecule has 0 saturated heterocycles. The van der Waals surface area contributed by atoms with Gasteiger partial charge in [0, 0.05) is 77.9 Å². The lowest BCUT2D eigenvalue weighted by Gasteiger charge is -2.47. The average Bonchev–Trinajstić information content (AvgIpc) is 0.839. The first-order valence-electron chi connectivity index (χ1n) is 49.1. The van der Waals surface area contributed by atoms with Gasteiger partial charge in [-0.15, -0.1) is 0 Å². The van der Waals surface area contributed by atoms with Crippen molar-refractivity contribution in [3.8, 4) is 55.9 Å². The van der Waals surface area contributed by atoms with Gasteiger partial charge < -0.3 is 18.9 Å². The Balaban J connectivity index is 1.20. The van der Waals surface area contributed by atoms with Crippen LogP contribution in [0, 0.1) is 0 Å². The molecule has 0 atom stereocenters. The van der Waals surface area contributed by atoms with Crippen LogP contribution in [0.3, 0.4) is 0 Å². The highest BCUT2D eigenvalue weighted by atomic mass is 15.2. The highest BCUT2D eigenvalue weighted by Gasteiger charge is 2.47. The summed E-state index contributed by atoms with van der Waals surface area (Å²) in [6, 6.07) is 34.0. The molecule has 554 valence electrons. The van der Waals surface area contributed by atoms with E-state index >= 15 is 0 Å². The monoisotopic (exact) mass is 1470 g/mol. The predicted molar refractivity (Wildman–Crippen MR) is 482 cm³/mol. The third kappa shape index (κ3) is 12.5. The Bertz CT molecular complexity index is 7280. The summed E-state index contributed by atoms with van der Waals surface area (Å²) in [5.74, 6) is 0. The summed E-state index contributed by atoms with van der Waals surface area (Å²) in [6.07, 6.45) is 0. The van der Waals surface area contributed by atoms with E-state index in [1.165, 1.54) is 4.57 Å². The first-order chi connectivity index (χ1) is 61.2. The zero-order valence-electron chi connectivity index (χ0n) is 88.6. The van der Waals surface area contributed by atoms with Crippen molar-refractivity contribution in [3.63, 3.8) is 0 Å². The molecule has 0 spiro atoms. The number of anilines is 6. The van der Waals surface area contributed by atoms with Crippen LogP contribution in [-0.2, 0) is 37.9 Å². The number of hydrogen-bond acceptors (Lipinski definition) is 2. The van der Waals surface area contributed by atoms with Crippen LogP contribution < -0.4 is 26.2 Å². The van der Waals surface area contributed by atoms with E-state index in [-0.39, 0.29) is 60.6 Å². The van der Waals surface area contributed by atoms with Gasteiger partial charge in [-0.05, 0) is 200 Å². The van der Waals surface area contributed by atoms with Crippen LogP contribution in [-0.4, -0.2) is 15.8 Å². The second kappa shape index (κ2) is 25.9. The Labute approximate surface area is 690 Å². The van der Waals surface area contributed by atoms with Crippen LogP contribution >= 0.6 is 0 Å². The maximum Gasteiger partial charge on any atom is 0.252 e. The first-order valence-corrected chi connectivity index (χ1v) is 38.6. The molecular formula is C106H107BN4. The lowest BCUT2D eigenvalue weighted by Crippen LogP contribution is -2.61. The molecule has 4 nitrogen and oxygen atoms in total. The van der Waals surface area contributed by atoms with Gasteiger partial charge in [-0.25, -0.2) is 0 Å². The third-order valence-electron chi connectivity index (χ3n) is 22.6. The van der Waals surface area contributed by atoms with E-state index in [0.717, 1.165) is 60.2 Å². The van der Waals surface area contributed by atoms with Crippen LogP contribution in [0.15, 0.2) is 266 Å². The van der Waals surface area contributed by atoms with Gasteiger partial charge in [0.1, 0.15) is 0 Å². The van der Waals surface area contributed by atoms with Gasteiger partial charge in [-0.3, -0.25) is 0 Å². The molecule has 0 unspecified atom stereocenters. The minimum Gasteiger partial charge on any atom is -0.310 e. The summed E-state index contributed by atoms with van der Waals surface area (Å²) in [5.41, 5.74) is 8.32. The molecule has 0 amide bonds. The Morgan fingerprint density at radius 2 is 0.541 bits per heavy atom. The molecular weight excluding hydrogens is 1340 g/mol. The van der Waals surface area contributed by atoms with E-state index in [0.29, 0.717) is 56.0 Å². The van der Waals surface area contributed by atoms with Crippen molar-refractivity contribution < 1.29 is 28.8 Å². The summed E-state index contributed by atoms with van der Waals surface area (Å²) in [7, 11) is 0. The fraction of sp³-hybridized carbons (Fsp3) is 0.264. The van der Waals surface area contributed by atoms with Crippen LogP contribution in [0.25, 0.3) is 99.5 Å². The van der Waals surface area contributed by atoms with Crippen LogP contribution in [0.1, 0.15) is 213 Å². The normalized spacial score (nSPS) is 16.2. The Hall–Kier alpha value is -10.9. The lowest BCUT2D eigenvalue weighted by molar-refractivity contribution is 0.589. The molecule has 4 heterocycles. The number of rotatable bonds is 8. The van der Waals surface area contributed by atoms with Crippen molar-refractivity contribution in [1.82, 2.24) is 9.13 Å². The molecule has 13 aromatic carbocycles. The van der Waals surface area contributed by atoms with Gasteiger partial charge >= 0.3 is 0 Å². The molecule has 0 saturated carbocycles. The van der Waals surface area contributed by atoms with Crippen molar-refractivity contribution >= 4 is 101 Å². The van der Waals surface area contributed by atoms with Crippen LogP contribution in [0.2, 0.25) is 0 Å². The number of hydrogen-bond donors (Lipinski definition) is 0. The van der Waals surface area contributed by atoms with Gasteiger partial charge in [-0.2, -0.15) is 0 Å². The molecule has 2 aliphatic rings. The molecule has 0 radical (unpaired) electrons. The Morgan fingerprint density at radius 1 is 0.261 bits per heavy atom. The molecule has 5 heteroatoms. The predicted octanol–water partition coefficient (Wildman–Crippen LogP) is 27.7. The average molecular weight is 1470 g/mol. The van der Waals surface area contributed by atoms with Crippen molar-refractivity contribution in [3.05, 3.63) is 305 Å². The van der Waals surface area contributed by atoms with E-state index in [1.54, 1.807) is 6.07 Å². The molecule has 0 N–H and O–H groups in total. The van der Waals surface area contributed by atoms with Crippen molar-refractivity contribution in [2.75, 3.05) is 9.80 Å². The zero-order valence-corrected chi connectivity index (χ0v) is 67.6. The van der Waals surface area contributed by atoms with Crippen LogP contribution in [0.4, 0.5) is 34.1 Å². The molecule has 0 bridgehead atoms. The zero-order chi connectivity index (χ0) is 96.4. The van der Waals surface area contributed by atoms with Gasteiger partial charge in [0.05, 0.1) is 62.2 Å². The number of benzene rings is 13. The summed E-state index contributed by atoms with van der Waals surface area (Å²) in [5, 5.41) is -1.20. The van der Waals surface area contributed by atoms with E-state index in [4.69, 9.17) is 0 Å². The topological polar surface area (TPSA) is 16.3 Å². The van der Waals surface area contributed by atoms with E-state index < -0.39 is 188 Å². The Morgan fingerprint density at radius 3 is 0.865 bits per heavy atom. The smallest absolute Gasteiger partial charge is 0.252 e. The second-order valence-corrected chi connectivity index (χ2v) is 37.6. The standard InChI is InChI=1S/C106H107BN4/c1-100(2,3)70-38-30-34-66(54-70)83-58-74(104(13,14)15)59-84(67-35-31-39-71(55-67)101(4,5)6)98(83)110-93-64-77(108-89-46-26-22-42-79(89)80-43-23-27-47-90(80)108)50-52-87(93)107-88-53-51-78(109-91-48-28-24-44-81(91)82-45-25-29-49-92(82)109)65-94(88)111(96-63-76(106(19,20)21)62-95(110)97(96)107)99-85(68-36-32-40-72(56-68)102(7,8)9)60-75(105(16,17)18)61-86(99)69-37-33-41-73(57-69)103(10,11)12/h22-65H,1-21H3/i22D,23D,24D,25D,26D,27D,28D,29D,42D,43D,44D,45D,46D,47D,48D,49D,50D,51D,52D,53D,64D. The number of nitrogens with zero attached hydrogens (tertiary/aromatic N) is 4. The molecule has 2 aliphatic heterocycles. The van der Waals surface area contributed by atoms with E-state index in [1.807, 2.05) is 29.2 Å². The second-order valence-electron chi connectivity index (χ2n) is 37.6. The maximum absolute atomic E-state index is 12.0. The summed E-state index contributed by atoms with van der Waals surface area (Å²) in [6.45, 7) is 43.4.